The van der Waals surface area contributed by atoms with Gasteiger partial charge in [0.1, 0.15) is 12.4 Å². The van der Waals surface area contributed by atoms with Crippen LogP contribution in [0.3, 0.4) is 0 Å². The topological polar surface area (TPSA) is 86.3 Å². The number of pyridine rings is 1. The Balaban J connectivity index is 1.22. The number of ether oxygens (including phenoxy) is 1. The van der Waals surface area contributed by atoms with E-state index in [1.807, 2.05) is 36.4 Å². The highest BCUT2D eigenvalue weighted by molar-refractivity contribution is 5.81. The highest BCUT2D eigenvalue weighted by Gasteiger charge is 2.35. The van der Waals surface area contributed by atoms with Crippen LogP contribution in [0.25, 0.3) is 16.8 Å². The number of hydrogen-bond donors (Lipinski definition) is 1. The van der Waals surface area contributed by atoms with Gasteiger partial charge in [-0.15, -0.1) is 0 Å². The lowest BCUT2D eigenvalue weighted by molar-refractivity contribution is 0.0998. The number of carbonyl (C=O) groups is 1. The lowest BCUT2D eigenvalue weighted by atomic mass is 9.80. The van der Waals surface area contributed by atoms with Crippen LogP contribution in [0.15, 0.2) is 54.9 Å². The van der Waals surface area contributed by atoms with E-state index in [9.17, 15) is 9.18 Å². The summed E-state index contributed by atoms with van der Waals surface area (Å²) < 4.78 is 22.0. The molecule has 7 nitrogen and oxygen atoms in total. The molecule has 2 aromatic heterocycles. The Kier molecular flexibility index (Phi) is 6.50. The molecule has 6 rings (SSSR count). The lowest BCUT2D eigenvalue weighted by Gasteiger charge is -2.34. The maximum atomic E-state index is 14.4. The van der Waals surface area contributed by atoms with Crippen LogP contribution in [0.2, 0.25) is 0 Å². The van der Waals surface area contributed by atoms with Crippen LogP contribution in [-0.2, 0) is 11.3 Å². The van der Waals surface area contributed by atoms with Gasteiger partial charge in [0, 0.05) is 36.3 Å². The number of carbonyl (C=O) groups excluding carboxylic acids is 1. The van der Waals surface area contributed by atoms with Gasteiger partial charge < -0.3 is 15.4 Å². The van der Waals surface area contributed by atoms with E-state index in [0.29, 0.717) is 37.4 Å². The molecule has 8 heteroatoms. The van der Waals surface area contributed by atoms with Crippen molar-refractivity contribution in [2.24, 2.45) is 11.7 Å². The maximum Gasteiger partial charge on any atom is 0.410 e. The third kappa shape index (κ3) is 5.03. The minimum Gasteiger partial charge on any atom is -0.445 e. The Hall–Kier alpha value is -3.52. The van der Waals surface area contributed by atoms with Gasteiger partial charge in [-0.3, -0.25) is 9.67 Å². The second-order valence-electron chi connectivity index (χ2n) is 10.4. The molecule has 192 valence electrons. The zero-order valence-corrected chi connectivity index (χ0v) is 20.9. The van der Waals surface area contributed by atoms with E-state index in [-0.39, 0.29) is 18.5 Å². The van der Waals surface area contributed by atoms with Crippen molar-refractivity contribution in [3.8, 4) is 11.3 Å². The summed E-state index contributed by atoms with van der Waals surface area (Å²) in [5.74, 6) is 0.641. The van der Waals surface area contributed by atoms with E-state index in [2.05, 4.69) is 15.9 Å². The van der Waals surface area contributed by atoms with E-state index in [1.54, 1.807) is 11.0 Å². The molecule has 0 spiro atoms. The van der Waals surface area contributed by atoms with Crippen molar-refractivity contribution < 1.29 is 13.9 Å². The molecular formula is C29H32FN5O2. The van der Waals surface area contributed by atoms with Crippen molar-refractivity contribution in [2.75, 3.05) is 19.6 Å². The molecule has 0 atom stereocenters. The van der Waals surface area contributed by atoms with E-state index in [0.717, 1.165) is 65.9 Å². The second kappa shape index (κ2) is 10.1. The summed E-state index contributed by atoms with van der Waals surface area (Å²) in [7, 11) is 0. The first-order valence-electron chi connectivity index (χ1n) is 13.2. The third-order valence-electron chi connectivity index (χ3n) is 7.77. The van der Waals surface area contributed by atoms with Crippen LogP contribution in [0, 0.1) is 11.7 Å². The van der Waals surface area contributed by atoms with Crippen LogP contribution in [0.5, 0.6) is 0 Å². The van der Waals surface area contributed by atoms with Gasteiger partial charge in [-0.05, 0) is 61.8 Å². The summed E-state index contributed by atoms with van der Waals surface area (Å²) in [5, 5.41) is 4.98. The van der Waals surface area contributed by atoms with Gasteiger partial charge in [0.2, 0.25) is 0 Å². The van der Waals surface area contributed by atoms with Crippen LogP contribution < -0.4 is 5.73 Å². The Morgan fingerprint density at radius 2 is 1.97 bits per heavy atom. The van der Waals surface area contributed by atoms with Gasteiger partial charge in [0.25, 0.3) is 0 Å². The van der Waals surface area contributed by atoms with E-state index in [4.69, 9.17) is 15.6 Å². The molecular weight excluding hydrogens is 469 g/mol. The Labute approximate surface area is 216 Å². The molecule has 3 aliphatic rings. The van der Waals surface area contributed by atoms with Crippen molar-refractivity contribution in [1.29, 1.82) is 0 Å². The standard InChI is InChI=1S/C29H32FN5O2/c30-23-14-25(21-8-10-34(11-9-21)29(36)37-18-19-4-2-1-3-5-19)28(32-16-23)26-17-35(24-12-20(13-24)15-31)33-27(26)22-6-7-22/h1-5,8,14,16-17,20,22,24H,6-7,9-13,15,18,31H2/t20-,24-. The summed E-state index contributed by atoms with van der Waals surface area (Å²) in [6.07, 6.45) is 9.99. The molecule has 2 aliphatic carbocycles. The maximum absolute atomic E-state index is 14.4. The van der Waals surface area contributed by atoms with Crippen molar-refractivity contribution in [2.45, 2.75) is 50.7 Å². The third-order valence-corrected chi connectivity index (χ3v) is 7.77. The molecule has 2 N–H and O–H groups in total. The molecule has 2 fully saturated rings. The number of nitrogens with zero attached hydrogens (tertiary/aromatic N) is 4. The van der Waals surface area contributed by atoms with Gasteiger partial charge >= 0.3 is 6.09 Å². The van der Waals surface area contributed by atoms with Crippen LogP contribution in [0.4, 0.5) is 9.18 Å². The van der Waals surface area contributed by atoms with Crippen LogP contribution in [0.1, 0.15) is 60.9 Å². The predicted molar refractivity (Wildman–Crippen MR) is 139 cm³/mol. The number of aromatic nitrogens is 3. The number of rotatable bonds is 7. The van der Waals surface area contributed by atoms with Gasteiger partial charge in [-0.25, -0.2) is 9.18 Å². The molecule has 3 heterocycles. The smallest absolute Gasteiger partial charge is 0.410 e. The van der Waals surface area contributed by atoms with Gasteiger partial charge in [0.05, 0.1) is 23.6 Å². The summed E-state index contributed by atoms with van der Waals surface area (Å²) in [5.41, 5.74) is 11.4. The molecule has 1 aliphatic heterocycles. The largest absolute Gasteiger partial charge is 0.445 e. The molecule has 0 bridgehead atoms. The summed E-state index contributed by atoms with van der Waals surface area (Å²) in [6, 6.07) is 11.6. The van der Waals surface area contributed by atoms with E-state index >= 15 is 0 Å². The van der Waals surface area contributed by atoms with Crippen molar-refractivity contribution in [3.05, 3.63) is 77.5 Å². The second-order valence-corrected chi connectivity index (χ2v) is 10.4. The Morgan fingerprint density at radius 3 is 2.68 bits per heavy atom. The minimum absolute atomic E-state index is 0.242. The predicted octanol–water partition coefficient (Wildman–Crippen LogP) is 5.30. The normalized spacial score (nSPS) is 21.4. The van der Waals surface area contributed by atoms with Crippen LogP contribution >= 0.6 is 0 Å². The molecule has 0 radical (unpaired) electrons. The summed E-state index contributed by atoms with van der Waals surface area (Å²) >= 11 is 0. The number of hydrogen-bond acceptors (Lipinski definition) is 5. The Bertz CT molecular complexity index is 1310. The molecule has 1 amide bonds. The molecule has 0 unspecified atom stereocenters. The highest BCUT2D eigenvalue weighted by Crippen LogP contribution is 2.46. The quantitative estimate of drug-likeness (QED) is 0.475. The molecule has 1 aromatic carbocycles. The zero-order chi connectivity index (χ0) is 25.4. The van der Waals surface area contributed by atoms with Gasteiger partial charge in [0.15, 0.2) is 0 Å². The fourth-order valence-electron chi connectivity index (χ4n) is 5.33. The highest BCUT2D eigenvalue weighted by atomic mass is 19.1. The van der Waals surface area contributed by atoms with E-state index in [1.165, 1.54) is 6.20 Å². The fourth-order valence-corrected chi connectivity index (χ4v) is 5.33. The summed E-state index contributed by atoms with van der Waals surface area (Å²) in [4.78, 5) is 18.9. The molecule has 0 saturated heterocycles. The molecule has 2 saturated carbocycles. The van der Waals surface area contributed by atoms with E-state index < -0.39 is 0 Å². The van der Waals surface area contributed by atoms with Crippen molar-refractivity contribution in [1.82, 2.24) is 19.7 Å². The molecule has 37 heavy (non-hydrogen) atoms. The van der Waals surface area contributed by atoms with Gasteiger partial charge in [-0.1, -0.05) is 36.4 Å². The number of halogens is 1. The SMILES string of the molecule is NC[C@H]1C[C@H](n2cc(-c3ncc(F)cc3C3=CCN(C(=O)OCc4ccccc4)CC3)c(C3CC3)n2)C1. The number of benzene rings is 1. The fraction of sp³-hybridized carbons (Fsp3) is 0.414. The van der Waals surface area contributed by atoms with Crippen molar-refractivity contribution in [3.63, 3.8) is 0 Å². The number of amides is 1. The first kappa shape index (κ1) is 23.9. The Morgan fingerprint density at radius 1 is 1.16 bits per heavy atom. The number of nitrogens with two attached hydrogens (primary N) is 1. The van der Waals surface area contributed by atoms with Crippen LogP contribution in [-0.4, -0.2) is 45.4 Å². The average molecular weight is 502 g/mol. The minimum atomic E-state index is -0.366. The lowest BCUT2D eigenvalue weighted by Crippen LogP contribution is -2.35. The monoisotopic (exact) mass is 501 g/mol. The summed E-state index contributed by atoms with van der Waals surface area (Å²) in [6.45, 7) is 1.88. The van der Waals surface area contributed by atoms with Gasteiger partial charge in [-0.2, -0.15) is 5.10 Å². The zero-order valence-electron chi connectivity index (χ0n) is 20.9. The first-order valence-corrected chi connectivity index (χ1v) is 13.2. The average Bonchev–Trinajstić information content (AvgIpc) is 3.66. The molecule has 3 aromatic rings. The van der Waals surface area contributed by atoms with Crippen molar-refractivity contribution >= 4 is 11.7 Å². The first-order chi connectivity index (χ1) is 18.1.